The number of nitrogens with zero attached hydrogens (tertiary/aromatic N) is 2. The molecule has 4 aromatic carbocycles. The third-order valence-corrected chi connectivity index (χ3v) is 6.34. The molecule has 0 saturated carbocycles. The fourth-order valence-corrected chi connectivity index (χ4v) is 4.74. The van der Waals surface area contributed by atoms with Gasteiger partial charge in [0.05, 0.1) is 17.1 Å². The van der Waals surface area contributed by atoms with Crippen LogP contribution in [0.15, 0.2) is 146 Å². The summed E-state index contributed by atoms with van der Waals surface area (Å²) in [6.45, 7) is 0. The number of aromatic nitrogens is 2. The van der Waals surface area contributed by atoms with Gasteiger partial charge in [-0.05, 0) is 28.8 Å². The Morgan fingerprint density at radius 1 is 0.333 bits per heavy atom. The fourth-order valence-electron chi connectivity index (χ4n) is 4.74. The zero-order valence-corrected chi connectivity index (χ0v) is 19.8. The van der Waals surface area contributed by atoms with Gasteiger partial charge < -0.3 is 0 Å². The molecule has 0 bridgehead atoms. The van der Waals surface area contributed by atoms with E-state index >= 15 is 0 Å². The van der Waals surface area contributed by atoms with E-state index in [1.807, 2.05) is 30.5 Å². The van der Waals surface area contributed by atoms with Gasteiger partial charge >= 0.3 is 0 Å². The number of hydrogen-bond acceptors (Lipinski definition) is 2. The van der Waals surface area contributed by atoms with E-state index in [1.54, 1.807) is 0 Å². The summed E-state index contributed by atoms with van der Waals surface area (Å²) >= 11 is 0. The first-order valence-electron chi connectivity index (χ1n) is 12.1. The molecule has 6 rings (SSSR count). The zero-order chi connectivity index (χ0) is 24.2. The third kappa shape index (κ3) is 4.10. The van der Waals surface area contributed by atoms with Crippen molar-refractivity contribution in [2.45, 2.75) is 0 Å². The molecular formula is C34H24N2. The molecule has 0 aliphatic rings. The van der Waals surface area contributed by atoms with E-state index in [0.29, 0.717) is 0 Å². The van der Waals surface area contributed by atoms with Gasteiger partial charge in [-0.3, -0.25) is 4.98 Å². The molecule has 36 heavy (non-hydrogen) atoms. The van der Waals surface area contributed by atoms with Crippen LogP contribution in [-0.4, -0.2) is 9.97 Å². The van der Waals surface area contributed by atoms with Crippen LogP contribution in [-0.2, 0) is 0 Å². The summed E-state index contributed by atoms with van der Waals surface area (Å²) < 4.78 is 0. The Hall–Kier alpha value is -4.82. The molecular weight excluding hydrogens is 436 g/mol. The van der Waals surface area contributed by atoms with Crippen LogP contribution < -0.4 is 0 Å². The zero-order valence-electron chi connectivity index (χ0n) is 19.8. The second kappa shape index (κ2) is 9.81. The maximum absolute atomic E-state index is 5.39. The topological polar surface area (TPSA) is 25.8 Å². The van der Waals surface area contributed by atoms with Gasteiger partial charge in [0.15, 0.2) is 0 Å². The lowest BCUT2D eigenvalue weighted by Crippen LogP contribution is -2.02. The Kier molecular flexibility index (Phi) is 5.91. The Bertz CT molecular complexity index is 1480. The van der Waals surface area contributed by atoms with E-state index in [-0.39, 0.29) is 0 Å². The first-order valence-corrected chi connectivity index (χ1v) is 12.1. The molecule has 2 heterocycles. The van der Waals surface area contributed by atoms with Crippen molar-refractivity contribution in [2.75, 3.05) is 0 Å². The summed E-state index contributed by atoms with van der Waals surface area (Å²) in [5.41, 5.74) is 10.5. The van der Waals surface area contributed by atoms with E-state index < -0.39 is 0 Å². The van der Waals surface area contributed by atoms with Crippen LogP contribution in [0.5, 0.6) is 0 Å². The molecule has 2 aromatic heterocycles. The van der Waals surface area contributed by atoms with Gasteiger partial charge in [0.1, 0.15) is 0 Å². The van der Waals surface area contributed by atoms with E-state index in [1.165, 1.54) is 0 Å². The van der Waals surface area contributed by atoms with Gasteiger partial charge in [-0.25, -0.2) is 4.98 Å². The van der Waals surface area contributed by atoms with Crippen molar-refractivity contribution in [1.82, 2.24) is 9.97 Å². The van der Waals surface area contributed by atoms with Crippen LogP contribution in [0.2, 0.25) is 0 Å². The first-order chi connectivity index (χ1) is 17.9. The molecule has 0 saturated heterocycles. The average molecular weight is 461 g/mol. The van der Waals surface area contributed by atoms with E-state index in [0.717, 1.165) is 56.0 Å². The summed E-state index contributed by atoms with van der Waals surface area (Å²) in [7, 11) is 0. The number of benzene rings is 4. The molecule has 0 unspecified atom stereocenters. The highest BCUT2D eigenvalue weighted by Gasteiger charge is 2.25. The summed E-state index contributed by atoms with van der Waals surface area (Å²) in [5, 5.41) is 0. The molecule has 0 atom stereocenters. The number of hydrogen-bond donors (Lipinski definition) is 0. The highest BCUT2D eigenvalue weighted by atomic mass is 14.8. The Labute approximate surface area is 211 Å². The van der Waals surface area contributed by atoms with Crippen LogP contribution >= 0.6 is 0 Å². The van der Waals surface area contributed by atoms with Crippen LogP contribution in [0.25, 0.3) is 56.0 Å². The fraction of sp³-hybridized carbons (Fsp3) is 0. The smallest absolute Gasteiger partial charge is 0.0978 e. The summed E-state index contributed by atoms with van der Waals surface area (Å²) in [5.74, 6) is 0. The van der Waals surface area contributed by atoms with Gasteiger partial charge in [0.2, 0.25) is 0 Å². The lowest BCUT2D eigenvalue weighted by Gasteiger charge is -2.23. The van der Waals surface area contributed by atoms with Crippen molar-refractivity contribution in [3.8, 4) is 56.0 Å². The second-order valence-electron chi connectivity index (χ2n) is 8.61. The molecule has 6 aromatic rings. The maximum Gasteiger partial charge on any atom is 0.0978 e. The van der Waals surface area contributed by atoms with E-state index in [2.05, 4.69) is 115 Å². The van der Waals surface area contributed by atoms with Gasteiger partial charge in [-0.15, -0.1) is 0 Å². The summed E-state index contributed by atoms with van der Waals surface area (Å²) in [6, 6.07) is 48.2. The monoisotopic (exact) mass is 460 g/mol. The Morgan fingerprint density at radius 3 is 1.22 bits per heavy atom. The number of rotatable bonds is 5. The summed E-state index contributed by atoms with van der Waals surface area (Å²) in [6.07, 6.45) is 1.83. The lowest BCUT2D eigenvalue weighted by molar-refractivity contribution is 1.25. The van der Waals surface area contributed by atoms with Crippen molar-refractivity contribution in [3.05, 3.63) is 146 Å². The lowest BCUT2D eigenvalue weighted by atomic mass is 9.84. The predicted octanol–water partition coefficient (Wildman–Crippen LogP) is 8.81. The Morgan fingerprint density at radius 2 is 0.750 bits per heavy atom. The minimum Gasteiger partial charge on any atom is -0.255 e. The van der Waals surface area contributed by atoms with Gasteiger partial charge in [-0.1, -0.05) is 127 Å². The Balaban J connectivity index is 1.84. The molecule has 170 valence electrons. The highest BCUT2D eigenvalue weighted by Crippen LogP contribution is 2.48. The van der Waals surface area contributed by atoms with Gasteiger partial charge in [0.25, 0.3) is 0 Å². The first kappa shape index (κ1) is 21.7. The van der Waals surface area contributed by atoms with Crippen molar-refractivity contribution in [3.63, 3.8) is 0 Å². The maximum atomic E-state index is 5.39. The number of pyridine rings is 2. The minimum atomic E-state index is 0.852. The standard InChI is InChI=1S/C34H24N2/c1-5-15-25(16-6-1)30-31(26-17-7-2-8-18-26)33(28-21-11-4-12-22-28)36-34(29-23-13-14-24-35-29)32(30)27-19-9-3-10-20-27/h1-24H. The van der Waals surface area contributed by atoms with Crippen LogP contribution in [0, 0.1) is 0 Å². The molecule has 0 radical (unpaired) electrons. The molecule has 0 aliphatic heterocycles. The molecule has 0 fully saturated rings. The van der Waals surface area contributed by atoms with E-state index in [9.17, 15) is 0 Å². The van der Waals surface area contributed by atoms with E-state index in [4.69, 9.17) is 9.97 Å². The summed E-state index contributed by atoms with van der Waals surface area (Å²) in [4.78, 5) is 10.1. The van der Waals surface area contributed by atoms with Crippen molar-refractivity contribution in [1.29, 1.82) is 0 Å². The molecule has 2 nitrogen and oxygen atoms in total. The molecule has 0 aliphatic carbocycles. The minimum absolute atomic E-state index is 0.852. The highest BCUT2D eigenvalue weighted by molar-refractivity contribution is 6.04. The van der Waals surface area contributed by atoms with Gasteiger partial charge in [0, 0.05) is 28.5 Å². The third-order valence-electron chi connectivity index (χ3n) is 6.34. The normalized spacial score (nSPS) is 10.8. The van der Waals surface area contributed by atoms with Crippen molar-refractivity contribution in [2.24, 2.45) is 0 Å². The van der Waals surface area contributed by atoms with Gasteiger partial charge in [-0.2, -0.15) is 0 Å². The quantitative estimate of drug-likeness (QED) is 0.257. The SMILES string of the molecule is c1ccc(-c2nc(-c3ccccn3)c(-c3ccccc3)c(-c3ccccc3)c2-c2ccccc2)cc1. The molecule has 0 spiro atoms. The van der Waals surface area contributed by atoms with Crippen molar-refractivity contribution < 1.29 is 0 Å². The molecule has 0 N–H and O–H groups in total. The van der Waals surface area contributed by atoms with Crippen LogP contribution in [0.4, 0.5) is 0 Å². The van der Waals surface area contributed by atoms with Crippen molar-refractivity contribution >= 4 is 0 Å². The molecule has 0 amide bonds. The van der Waals surface area contributed by atoms with Crippen LogP contribution in [0.1, 0.15) is 0 Å². The average Bonchev–Trinajstić information content (AvgIpc) is 2.98. The largest absolute Gasteiger partial charge is 0.255 e. The second-order valence-corrected chi connectivity index (χ2v) is 8.61. The van der Waals surface area contributed by atoms with Crippen LogP contribution in [0.3, 0.4) is 0 Å². The predicted molar refractivity (Wildman–Crippen MR) is 149 cm³/mol. The molecule has 2 heteroatoms.